The fourth-order valence-corrected chi connectivity index (χ4v) is 1.23. The molecular weight excluding hydrogens is 230 g/mol. The Bertz CT molecular complexity index is 213. The second-order valence-electron chi connectivity index (χ2n) is 3.75. The molecule has 0 aliphatic rings. The van der Waals surface area contributed by atoms with Crippen LogP contribution in [0.5, 0.6) is 0 Å². The van der Waals surface area contributed by atoms with Gasteiger partial charge in [-0.3, -0.25) is 4.84 Å². The molecule has 3 N–H and O–H groups in total. The minimum atomic E-state index is -1.03. The molecule has 17 heavy (non-hydrogen) atoms. The van der Waals surface area contributed by atoms with E-state index in [1.165, 1.54) is 12.2 Å². The molecule has 0 amide bonds. The summed E-state index contributed by atoms with van der Waals surface area (Å²) in [7, 11) is 3.06. The number of rotatable bonds is 10. The number of carboxylic acid groups (broad SMARTS) is 1. The Morgan fingerprint density at radius 2 is 2.00 bits per heavy atom. The van der Waals surface area contributed by atoms with E-state index in [1.807, 2.05) is 0 Å². The number of aliphatic carboxylic acids is 1. The summed E-state index contributed by atoms with van der Waals surface area (Å²) in [4.78, 5) is 15.1. The van der Waals surface area contributed by atoms with E-state index in [0.29, 0.717) is 19.4 Å². The standard InChI is InChI=1S/C10H21NO6/c1-11(17-7-10(14)15)5-3-4-8(12)9(13)6-16-2/h8-9,12-13H,3-7H2,1-2H3,(H,14,15)/t8-,9?/m0/s1. The van der Waals surface area contributed by atoms with E-state index in [-0.39, 0.29) is 13.2 Å². The number of carboxylic acids is 1. The summed E-state index contributed by atoms with van der Waals surface area (Å²) in [5.41, 5.74) is 0. The van der Waals surface area contributed by atoms with Gasteiger partial charge in [-0.25, -0.2) is 4.79 Å². The first-order chi connectivity index (χ1) is 7.97. The molecule has 0 aromatic heterocycles. The van der Waals surface area contributed by atoms with Gasteiger partial charge in [-0.1, -0.05) is 0 Å². The Hall–Kier alpha value is -0.730. The van der Waals surface area contributed by atoms with Gasteiger partial charge in [0.25, 0.3) is 0 Å². The van der Waals surface area contributed by atoms with E-state index >= 15 is 0 Å². The minimum Gasteiger partial charge on any atom is -0.479 e. The van der Waals surface area contributed by atoms with Crippen LogP contribution in [-0.4, -0.2) is 72.5 Å². The average molecular weight is 251 g/mol. The highest BCUT2D eigenvalue weighted by molar-refractivity contribution is 5.67. The van der Waals surface area contributed by atoms with Crippen molar-refractivity contribution in [2.75, 3.05) is 33.9 Å². The van der Waals surface area contributed by atoms with Gasteiger partial charge in [0.05, 0.1) is 12.7 Å². The summed E-state index contributed by atoms with van der Waals surface area (Å²) < 4.78 is 4.71. The molecule has 0 saturated carbocycles. The number of aliphatic hydroxyl groups excluding tert-OH is 2. The molecule has 0 aromatic rings. The van der Waals surface area contributed by atoms with Crippen LogP contribution in [0.2, 0.25) is 0 Å². The molecule has 0 aromatic carbocycles. The quantitative estimate of drug-likeness (QED) is 0.432. The second kappa shape index (κ2) is 9.32. The number of hydrogen-bond donors (Lipinski definition) is 3. The summed E-state index contributed by atoms with van der Waals surface area (Å²) in [6.07, 6.45) is -0.767. The Kier molecular flexibility index (Phi) is 8.92. The van der Waals surface area contributed by atoms with Crippen LogP contribution in [0.15, 0.2) is 0 Å². The highest BCUT2D eigenvalue weighted by Crippen LogP contribution is 2.04. The van der Waals surface area contributed by atoms with Crippen molar-refractivity contribution in [1.29, 1.82) is 0 Å². The maximum absolute atomic E-state index is 10.2. The third kappa shape index (κ3) is 9.02. The molecule has 0 bridgehead atoms. The first-order valence-corrected chi connectivity index (χ1v) is 5.38. The van der Waals surface area contributed by atoms with Gasteiger partial charge in [-0.15, -0.1) is 0 Å². The van der Waals surface area contributed by atoms with E-state index in [4.69, 9.17) is 14.7 Å². The molecule has 0 heterocycles. The molecule has 0 rings (SSSR count). The summed E-state index contributed by atoms with van der Waals surface area (Å²) in [6.45, 7) is 0.182. The highest BCUT2D eigenvalue weighted by Gasteiger charge is 2.15. The van der Waals surface area contributed by atoms with Crippen molar-refractivity contribution in [2.45, 2.75) is 25.0 Å². The molecule has 7 heteroatoms. The lowest BCUT2D eigenvalue weighted by Crippen LogP contribution is -2.31. The number of aliphatic hydroxyl groups is 2. The third-order valence-electron chi connectivity index (χ3n) is 2.16. The lowest BCUT2D eigenvalue weighted by molar-refractivity contribution is -0.172. The van der Waals surface area contributed by atoms with Crippen molar-refractivity contribution in [1.82, 2.24) is 5.06 Å². The van der Waals surface area contributed by atoms with Gasteiger partial charge in [-0.05, 0) is 12.8 Å². The van der Waals surface area contributed by atoms with E-state index in [2.05, 4.69) is 0 Å². The van der Waals surface area contributed by atoms with E-state index in [0.717, 1.165) is 0 Å². The molecule has 7 nitrogen and oxygen atoms in total. The molecule has 0 fully saturated rings. The lowest BCUT2D eigenvalue weighted by Gasteiger charge is -2.19. The monoisotopic (exact) mass is 251 g/mol. The highest BCUT2D eigenvalue weighted by atomic mass is 16.7. The van der Waals surface area contributed by atoms with Crippen molar-refractivity contribution in [3.63, 3.8) is 0 Å². The zero-order chi connectivity index (χ0) is 13.3. The summed E-state index contributed by atoms with van der Waals surface area (Å²) in [6, 6.07) is 0. The normalized spacial score (nSPS) is 14.9. The van der Waals surface area contributed by atoms with Crippen LogP contribution in [0.4, 0.5) is 0 Å². The van der Waals surface area contributed by atoms with Gasteiger partial charge in [0.15, 0.2) is 6.61 Å². The summed E-state index contributed by atoms with van der Waals surface area (Å²) >= 11 is 0. The van der Waals surface area contributed by atoms with Crippen LogP contribution >= 0.6 is 0 Å². The summed E-state index contributed by atoms with van der Waals surface area (Å²) in [5, 5.41) is 28.6. The predicted molar refractivity (Wildman–Crippen MR) is 59.3 cm³/mol. The molecular formula is C10H21NO6. The van der Waals surface area contributed by atoms with Crippen LogP contribution in [0.1, 0.15) is 12.8 Å². The number of hydroxylamine groups is 2. The number of carbonyl (C=O) groups is 1. The maximum atomic E-state index is 10.2. The predicted octanol–water partition coefficient (Wildman–Crippen LogP) is -0.917. The van der Waals surface area contributed by atoms with Gasteiger partial charge in [-0.2, -0.15) is 5.06 Å². The molecule has 0 radical (unpaired) electrons. The smallest absolute Gasteiger partial charge is 0.331 e. The summed E-state index contributed by atoms with van der Waals surface area (Å²) in [5.74, 6) is -1.03. The Morgan fingerprint density at radius 1 is 1.35 bits per heavy atom. The van der Waals surface area contributed by atoms with Crippen LogP contribution in [0.3, 0.4) is 0 Å². The van der Waals surface area contributed by atoms with Gasteiger partial charge in [0.2, 0.25) is 0 Å². The van der Waals surface area contributed by atoms with Crippen molar-refractivity contribution in [3.8, 4) is 0 Å². The molecule has 0 spiro atoms. The van der Waals surface area contributed by atoms with Gasteiger partial charge in [0, 0.05) is 20.7 Å². The number of hydrogen-bond acceptors (Lipinski definition) is 6. The average Bonchev–Trinajstić information content (AvgIpc) is 2.26. The molecule has 2 atom stereocenters. The molecule has 0 aliphatic carbocycles. The van der Waals surface area contributed by atoms with Crippen molar-refractivity contribution in [3.05, 3.63) is 0 Å². The van der Waals surface area contributed by atoms with Crippen LogP contribution in [0, 0.1) is 0 Å². The second-order valence-corrected chi connectivity index (χ2v) is 3.75. The third-order valence-corrected chi connectivity index (χ3v) is 2.16. The largest absolute Gasteiger partial charge is 0.479 e. The minimum absolute atomic E-state index is 0.0898. The number of nitrogens with zero attached hydrogens (tertiary/aromatic N) is 1. The first kappa shape index (κ1) is 16.3. The lowest BCUT2D eigenvalue weighted by atomic mass is 10.1. The number of ether oxygens (including phenoxy) is 1. The maximum Gasteiger partial charge on any atom is 0.331 e. The SMILES string of the molecule is COCC(O)[C@@H](O)CCCN(C)OCC(=O)O. The Balaban J connectivity index is 3.57. The van der Waals surface area contributed by atoms with E-state index < -0.39 is 18.2 Å². The van der Waals surface area contributed by atoms with Crippen LogP contribution in [-0.2, 0) is 14.4 Å². The zero-order valence-corrected chi connectivity index (χ0v) is 10.2. The van der Waals surface area contributed by atoms with E-state index in [9.17, 15) is 15.0 Å². The van der Waals surface area contributed by atoms with E-state index in [1.54, 1.807) is 7.05 Å². The van der Waals surface area contributed by atoms with Crippen molar-refractivity contribution >= 4 is 5.97 Å². The number of methoxy groups -OCH3 is 1. The van der Waals surface area contributed by atoms with Crippen LogP contribution < -0.4 is 0 Å². The molecule has 0 saturated heterocycles. The Labute approximate surface area is 101 Å². The molecule has 0 aliphatic heterocycles. The van der Waals surface area contributed by atoms with Crippen LogP contribution in [0.25, 0.3) is 0 Å². The van der Waals surface area contributed by atoms with Gasteiger partial charge >= 0.3 is 5.97 Å². The fourth-order valence-electron chi connectivity index (χ4n) is 1.23. The fraction of sp³-hybridized carbons (Fsp3) is 0.900. The van der Waals surface area contributed by atoms with Crippen molar-refractivity contribution < 1.29 is 29.7 Å². The first-order valence-electron chi connectivity index (χ1n) is 5.38. The van der Waals surface area contributed by atoms with Gasteiger partial charge < -0.3 is 20.1 Å². The Morgan fingerprint density at radius 3 is 2.53 bits per heavy atom. The molecule has 102 valence electrons. The molecule has 1 unspecified atom stereocenters. The zero-order valence-electron chi connectivity index (χ0n) is 10.2. The van der Waals surface area contributed by atoms with Crippen molar-refractivity contribution in [2.24, 2.45) is 0 Å². The van der Waals surface area contributed by atoms with Gasteiger partial charge in [0.1, 0.15) is 6.10 Å². The topological polar surface area (TPSA) is 99.5 Å².